The monoisotopic (exact) mass is 215 g/mol. The molecule has 0 spiro atoms. The summed E-state index contributed by atoms with van der Waals surface area (Å²) in [5.41, 5.74) is 6.49. The minimum atomic E-state index is -2.47. The van der Waals surface area contributed by atoms with E-state index < -0.39 is 5.92 Å². The summed E-state index contributed by atoms with van der Waals surface area (Å²) >= 11 is 0. The summed E-state index contributed by atoms with van der Waals surface area (Å²) in [4.78, 5) is 0. The summed E-state index contributed by atoms with van der Waals surface area (Å²) in [7, 11) is 0. The molecule has 1 aliphatic carbocycles. The third kappa shape index (κ3) is 2.27. The van der Waals surface area contributed by atoms with Gasteiger partial charge < -0.3 is 5.73 Å². The van der Waals surface area contributed by atoms with Gasteiger partial charge in [0.25, 0.3) is 0 Å². The van der Waals surface area contributed by atoms with Crippen LogP contribution < -0.4 is 5.73 Å². The van der Waals surface area contributed by atoms with Gasteiger partial charge in [0.2, 0.25) is 5.92 Å². The van der Waals surface area contributed by atoms with Gasteiger partial charge in [-0.25, -0.2) is 8.78 Å². The van der Waals surface area contributed by atoms with Crippen molar-refractivity contribution in [1.29, 1.82) is 0 Å². The van der Waals surface area contributed by atoms with Crippen LogP contribution in [0, 0.1) is 12.8 Å². The number of halogens is 2. The molecular weight excluding hydrogens is 200 g/mol. The fourth-order valence-electron chi connectivity index (χ4n) is 2.09. The van der Waals surface area contributed by atoms with Crippen LogP contribution in [0.25, 0.3) is 0 Å². The number of rotatable bonds is 2. The average Bonchev–Trinajstić information content (AvgIpc) is 2.58. The second-order valence-electron chi connectivity index (χ2n) is 4.38. The predicted octanol–water partition coefficient (Wildman–Crippen LogP) is 2.21. The molecule has 1 heterocycles. The van der Waals surface area contributed by atoms with Crippen LogP contribution in [0.3, 0.4) is 0 Å². The first-order valence-corrected chi connectivity index (χ1v) is 5.14. The predicted molar refractivity (Wildman–Crippen MR) is 53.7 cm³/mol. The molecule has 5 heteroatoms. The molecule has 1 atom stereocenters. The van der Waals surface area contributed by atoms with Gasteiger partial charge in [0.15, 0.2) is 0 Å². The first-order valence-electron chi connectivity index (χ1n) is 5.14. The van der Waals surface area contributed by atoms with E-state index in [1.165, 1.54) is 0 Å². The smallest absolute Gasteiger partial charge is 0.248 e. The molecule has 0 aromatic carbocycles. The van der Waals surface area contributed by atoms with Crippen LogP contribution in [0.5, 0.6) is 0 Å². The van der Waals surface area contributed by atoms with E-state index in [4.69, 9.17) is 5.73 Å². The van der Waals surface area contributed by atoms with Gasteiger partial charge in [-0.1, -0.05) is 0 Å². The molecule has 1 fully saturated rings. The molecule has 1 aromatic rings. The van der Waals surface area contributed by atoms with Gasteiger partial charge in [0.05, 0.1) is 0 Å². The number of aromatic nitrogens is 2. The van der Waals surface area contributed by atoms with E-state index >= 15 is 0 Å². The number of nitrogens with two attached hydrogens (primary N) is 1. The van der Waals surface area contributed by atoms with Crippen molar-refractivity contribution in [3.63, 3.8) is 0 Å². The van der Waals surface area contributed by atoms with Crippen LogP contribution >= 0.6 is 0 Å². The highest BCUT2D eigenvalue weighted by Crippen LogP contribution is 2.39. The Morgan fingerprint density at radius 2 is 2.40 bits per heavy atom. The summed E-state index contributed by atoms with van der Waals surface area (Å²) < 4.78 is 27.5. The minimum absolute atomic E-state index is 0.00734. The average molecular weight is 215 g/mol. The molecule has 2 rings (SSSR count). The highest BCUT2D eigenvalue weighted by atomic mass is 19.3. The van der Waals surface area contributed by atoms with Crippen molar-refractivity contribution >= 4 is 5.82 Å². The van der Waals surface area contributed by atoms with E-state index in [0.29, 0.717) is 18.8 Å². The lowest BCUT2D eigenvalue weighted by Crippen LogP contribution is -2.13. The van der Waals surface area contributed by atoms with Crippen molar-refractivity contribution in [3.05, 3.63) is 11.8 Å². The summed E-state index contributed by atoms with van der Waals surface area (Å²) in [5, 5.41) is 4.07. The Morgan fingerprint density at radius 3 is 2.87 bits per heavy atom. The van der Waals surface area contributed by atoms with Gasteiger partial charge >= 0.3 is 0 Å². The molecule has 0 aliphatic heterocycles. The largest absolute Gasteiger partial charge is 0.382 e. The molecule has 3 nitrogen and oxygen atoms in total. The van der Waals surface area contributed by atoms with E-state index in [2.05, 4.69) is 5.10 Å². The number of nitrogen functional groups attached to an aromatic ring is 1. The summed E-state index contributed by atoms with van der Waals surface area (Å²) in [6.07, 6.45) is 2.37. The molecule has 84 valence electrons. The number of aryl methyl sites for hydroxylation is 1. The molecule has 1 aliphatic rings. The summed E-state index contributed by atoms with van der Waals surface area (Å²) in [5.74, 6) is -1.96. The van der Waals surface area contributed by atoms with Gasteiger partial charge in [-0.05, 0) is 19.3 Å². The van der Waals surface area contributed by atoms with Crippen molar-refractivity contribution < 1.29 is 8.78 Å². The Bertz CT molecular complexity index is 340. The molecule has 2 N–H and O–H groups in total. The molecule has 1 unspecified atom stereocenters. The Labute approximate surface area is 87.3 Å². The van der Waals surface area contributed by atoms with Crippen molar-refractivity contribution in [1.82, 2.24) is 9.78 Å². The maximum Gasteiger partial charge on any atom is 0.248 e. The van der Waals surface area contributed by atoms with Crippen molar-refractivity contribution in [2.75, 3.05) is 5.73 Å². The van der Waals surface area contributed by atoms with E-state index in [1.807, 2.05) is 13.1 Å². The SMILES string of the molecule is Cc1cn(CC2CCC(F)(F)C2)nc1N. The van der Waals surface area contributed by atoms with Gasteiger partial charge in [0.1, 0.15) is 5.82 Å². The topological polar surface area (TPSA) is 43.8 Å². The minimum Gasteiger partial charge on any atom is -0.382 e. The first kappa shape index (κ1) is 10.4. The zero-order valence-corrected chi connectivity index (χ0v) is 8.71. The normalized spacial score (nSPS) is 24.6. The molecule has 0 radical (unpaired) electrons. The lowest BCUT2D eigenvalue weighted by atomic mass is 10.1. The molecular formula is C10H15F2N3. The zero-order chi connectivity index (χ0) is 11.1. The van der Waals surface area contributed by atoms with Crippen LogP contribution in [0.4, 0.5) is 14.6 Å². The van der Waals surface area contributed by atoms with Crippen LogP contribution in [-0.4, -0.2) is 15.7 Å². The standard InChI is InChI=1S/C10H15F2N3/c1-7-5-15(14-9(7)13)6-8-2-3-10(11,12)4-8/h5,8H,2-4,6H2,1H3,(H2,13,14). The third-order valence-corrected chi connectivity index (χ3v) is 2.93. The molecule has 0 bridgehead atoms. The maximum absolute atomic E-state index is 12.9. The van der Waals surface area contributed by atoms with Crippen molar-refractivity contribution in [2.45, 2.75) is 38.7 Å². The number of hydrogen-bond acceptors (Lipinski definition) is 2. The van der Waals surface area contributed by atoms with Gasteiger partial charge in [-0.3, -0.25) is 4.68 Å². The molecule has 1 saturated carbocycles. The second-order valence-corrected chi connectivity index (χ2v) is 4.38. The van der Waals surface area contributed by atoms with E-state index in [0.717, 1.165) is 5.56 Å². The van der Waals surface area contributed by atoms with E-state index in [9.17, 15) is 8.78 Å². The van der Waals surface area contributed by atoms with E-state index in [1.54, 1.807) is 4.68 Å². The Morgan fingerprint density at radius 1 is 1.67 bits per heavy atom. The Hall–Kier alpha value is -1.13. The van der Waals surface area contributed by atoms with Gasteiger partial charge in [-0.15, -0.1) is 0 Å². The third-order valence-electron chi connectivity index (χ3n) is 2.93. The fourth-order valence-corrected chi connectivity index (χ4v) is 2.09. The van der Waals surface area contributed by atoms with Crippen LogP contribution in [-0.2, 0) is 6.54 Å². The molecule has 0 amide bonds. The number of alkyl halides is 2. The Balaban J connectivity index is 1.98. The summed E-state index contributed by atoms with van der Waals surface area (Å²) in [6, 6.07) is 0. The molecule has 0 saturated heterocycles. The maximum atomic E-state index is 12.9. The van der Waals surface area contributed by atoms with Crippen LogP contribution in [0.2, 0.25) is 0 Å². The molecule has 1 aromatic heterocycles. The Kier molecular flexibility index (Phi) is 2.40. The van der Waals surface area contributed by atoms with Crippen LogP contribution in [0.15, 0.2) is 6.20 Å². The summed E-state index contributed by atoms with van der Waals surface area (Å²) in [6.45, 7) is 2.41. The highest BCUT2D eigenvalue weighted by molar-refractivity contribution is 5.35. The fraction of sp³-hybridized carbons (Fsp3) is 0.700. The highest BCUT2D eigenvalue weighted by Gasteiger charge is 2.39. The quantitative estimate of drug-likeness (QED) is 0.822. The number of hydrogen-bond donors (Lipinski definition) is 1. The van der Waals surface area contributed by atoms with Crippen molar-refractivity contribution in [3.8, 4) is 0 Å². The lowest BCUT2D eigenvalue weighted by molar-refractivity contribution is 0.00423. The first-order chi connectivity index (χ1) is 6.96. The second kappa shape index (κ2) is 3.47. The van der Waals surface area contributed by atoms with Crippen molar-refractivity contribution in [2.24, 2.45) is 5.92 Å². The zero-order valence-electron chi connectivity index (χ0n) is 8.71. The van der Waals surface area contributed by atoms with Gasteiger partial charge in [-0.2, -0.15) is 5.10 Å². The van der Waals surface area contributed by atoms with E-state index in [-0.39, 0.29) is 18.8 Å². The van der Waals surface area contributed by atoms with Crippen LogP contribution in [0.1, 0.15) is 24.8 Å². The lowest BCUT2D eigenvalue weighted by Gasteiger charge is -2.10. The number of nitrogens with zero attached hydrogens (tertiary/aromatic N) is 2. The number of anilines is 1. The molecule has 15 heavy (non-hydrogen) atoms. The van der Waals surface area contributed by atoms with Gasteiger partial charge in [0, 0.05) is 31.1 Å².